The SMILES string of the molecule is Cc1ccn2ncc(C(=O)N(CCN)CCc3ccccc3)c2n1. The second-order valence-corrected chi connectivity index (χ2v) is 5.71. The highest BCUT2D eigenvalue weighted by Crippen LogP contribution is 2.12. The maximum absolute atomic E-state index is 12.9. The lowest BCUT2D eigenvalue weighted by atomic mass is 10.1. The van der Waals surface area contributed by atoms with Crippen molar-refractivity contribution in [1.82, 2.24) is 19.5 Å². The molecule has 0 bridgehead atoms. The Kier molecular flexibility index (Phi) is 4.86. The first-order valence-corrected chi connectivity index (χ1v) is 8.03. The van der Waals surface area contributed by atoms with Crippen molar-refractivity contribution in [3.8, 4) is 0 Å². The van der Waals surface area contributed by atoms with Crippen molar-refractivity contribution >= 4 is 11.6 Å². The molecule has 0 aliphatic carbocycles. The molecule has 0 atom stereocenters. The third kappa shape index (κ3) is 3.44. The molecule has 2 N–H and O–H groups in total. The number of carbonyl (C=O) groups is 1. The maximum atomic E-state index is 12.9. The molecule has 3 aromatic rings. The van der Waals surface area contributed by atoms with Crippen molar-refractivity contribution in [2.45, 2.75) is 13.3 Å². The van der Waals surface area contributed by atoms with E-state index >= 15 is 0 Å². The Morgan fingerprint density at radius 3 is 2.75 bits per heavy atom. The van der Waals surface area contributed by atoms with Gasteiger partial charge in [-0.25, -0.2) is 9.50 Å². The number of rotatable bonds is 6. The molecule has 6 nitrogen and oxygen atoms in total. The molecule has 0 aliphatic heterocycles. The van der Waals surface area contributed by atoms with Crippen LogP contribution in [0.15, 0.2) is 48.8 Å². The number of aryl methyl sites for hydroxylation is 1. The molecule has 1 amide bonds. The van der Waals surface area contributed by atoms with Crippen LogP contribution in [0, 0.1) is 6.92 Å². The fourth-order valence-electron chi connectivity index (χ4n) is 2.66. The summed E-state index contributed by atoms with van der Waals surface area (Å²) in [6, 6.07) is 12.0. The summed E-state index contributed by atoms with van der Waals surface area (Å²) in [7, 11) is 0. The standard InChI is InChI=1S/C18H21N5O/c1-14-7-11-23-17(21-14)16(13-20-23)18(24)22(12-9-19)10-8-15-5-3-2-4-6-15/h2-7,11,13H,8-10,12,19H2,1H3. The summed E-state index contributed by atoms with van der Waals surface area (Å²) in [5.74, 6) is -0.0792. The molecular weight excluding hydrogens is 302 g/mol. The molecule has 0 saturated heterocycles. The van der Waals surface area contributed by atoms with Crippen LogP contribution in [0.4, 0.5) is 0 Å². The Labute approximate surface area is 140 Å². The van der Waals surface area contributed by atoms with Crippen LogP contribution in [-0.4, -0.2) is 45.0 Å². The smallest absolute Gasteiger partial charge is 0.259 e. The van der Waals surface area contributed by atoms with Gasteiger partial charge in [0.25, 0.3) is 5.91 Å². The van der Waals surface area contributed by atoms with Gasteiger partial charge in [-0.05, 0) is 25.0 Å². The third-order valence-corrected chi connectivity index (χ3v) is 3.94. The third-order valence-electron chi connectivity index (χ3n) is 3.94. The maximum Gasteiger partial charge on any atom is 0.259 e. The summed E-state index contributed by atoms with van der Waals surface area (Å²) in [5.41, 5.74) is 8.84. The minimum atomic E-state index is -0.0792. The number of fused-ring (bicyclic) bond motifs is 1. The molecule has 3 rings (SSSR count). The number of hydrogen-bond acceptors (Lipinski definition) is 4. The first-order chi connectivity index (χ1) is 11.7. The van der Waals surface area contributed by atoms with Crippen LogP contribution in [0.5, 0.6) is 0 Å². The highest BCUT2D eigenvalue weighted by atomic mass is 16.2. The highest BCUT2D eigenvalue weighted by molar-refractivity contribution is 5.99. The minimum Gasteiger partial charge on any atom is -0.337 e. The minimum absolute atomic E-state index is 0.0792. The molecule has 0 radical (unpaired) electrons. The lowest BCUT2D eigenvalue weighted by Crippen LogP contribution is -2.37. The average molecular weight is 323 g/mol. The van der Waals surface area contributed by atoms with E-state index in [4.69, 9.17) is 5.73 Å². The fourth-order valence-corrected chi connectivity index (χ4v) is 2.66. The quantitative estimate of drug-likeness (QED) is 0.749. The zero-order valence-corrected chi connectivity index (χ0v) is 13.7. The summed E-state index contributed by atoms with van der Waals surface area (Å²) in [6.07, 6.45) is 4.18. The van der Waals surface area contributed by atoms with E-state index in [0.717, 1.165) is 12.1 Å². The van der Waals surface area contributed by atoms with Gasteiger partial charge in [-0.15, -0.1) is 0 Å². The summed E-state index contributed by atoms with van der Waals surface area (Å²) < 4.78 is 1.62. The van der Waals surface area contributed by atoms with Crippen LogP contribution in [0.1, 0.15) is 21.6 Å². The highest BCUT2D eigenvalue weighted by Gasteiger charge is 2.20. The van der Waals surface area contributed by atoms with Gasteiger partial charge in [0, 0.05) is 31.5 Å². The number of carbonyl (C=O) groups excluding carboxylic acids is 1. The molecule has 0 fully saturated rings. The number of amides is 1. The van der Waals surface area contributed by atoms with Gasteiger partial charge >= 0.3 is 0 Å². The lowest BCUT2D eigenvalue weighted by Gasteiger charge is -2.21. The largest absolute Gasteiger partial charge is 0.337 e. The predicted octanol–water partition coefficient (Wildman–Crippen LogP) is 1.68. The number of nitrogens with two attached hydrogens (primary N) is 1. The van der Waals surface area contributed by atoms with Gasteiger partial charge in [0.2, 0.25) is 0 Å². The first kappa shape index (κ1) is 16.1. The topological polar surface area (TPSA) is 76.5 Å². The predicted molar refractivity (Wildman–Crippen MR) is 92.8 cm³/mol. The zero-order chi connectivity index (χ0) is 16.9. The van der Waals surface area contributed by atoms with E-state index in [9.17, 15) is 4.79 Å². The van der Waals surface area contributed by atoms with E-state index in [2.05, 4.69) is 22.2 Å². The van der Waals surface area contributed by atoms with Crippen molar-refractivity contribution in [3.63, 3.8) is 0 Å². The summed E-state index contributed by atoms with van der Waals surface area (Å²) in [5, 5.41) is 4.22. The molecule has 2 heterocycles. The molecule has 0 unspecified atom stereocenters. The van der Waals surface area contributed by atoms with Gasteiger partial charge in [0.1, 0.15) is 5.56 Å². The monoisotopic (exact) mass is 323 g/mol. The van der Waals surface area contributed by atoms with Gasteiger partial charge < -0.3 is 10.6 Å². The Morgan fingerprint density at radius 2 is 2.00 bits per heavy atom. The van der Waals surface area contributed by atoms with Crippen LogP contribution < -0.4 is 5.73 Å². The van der Waals surface area contributed by atoms with E-state index < -0.39 is 0 Å². The van der Waals surface area contributed by atoms with Crippen molar-refractivity contribution in [2.75, 3.05) is 19.6 Å². The van der Waals surface area contributed by atoms with E-state index in [1.807, 2.05) is 37.4 Å². The second kappa shape index (κ2) is 7.23. The number of nitrogens with zero attached hydrogens (tertiary/aromatic N) is 4. The van der Waals surface area contributed by atoms with E-state index in [-0.39, 0.29) is 5.91 Å². The Balaban J connectivity index is 1.81. The van der Waals surface area contributed by atoms with Crippen molar-refractivity contribution in [3.05, 3.63) is 65.6 Å². The molecular formula is C18H21N5O. The van der Waals surface area contributed by atoms with Gasteiger partial charge in [0.15, 0.2) is 5.65 Å². The zero-order valence-electron chi connectivity index (χ0n) is 13.7. The van der Waals surface area contributed by atoms with Gasteiger partial charge in [-0.2, -0.15) is 5.10 Å². The van der Waals surface area contributed by atoms with Crippen LogP contribution in [0.25, 0.3) is 5.65 Å². The lowest BCUT2D eigenvalue weighted by molar-refractivity contribution is 0.0764. The van der Waals surface area contributed by atoms with Crippen LogP contribution >= 0.6 is 0 Å². The Hall–Kier alpha value is -2.73. The van der Waals surface area contributed by atoms with Crippen LogP contribution in [0.2, 0.25) is 0 Å². The fraction of sp³-hybridized carbons (Fsp3) is 0.278. The van der Waals surface area contributed by atoms with E-state index in [1.165, 1.54) is 5.56 Å². The molecule has 1 aromatic carbocycles. The molecule has 6 heteroatoms. The van der Waals surface area contributed by atoms with Crippen LogP contribution in [-0.2, 0) is 6.42 Å². The number of hydrogen-bond donors (Lipinski definition) is 1. The molecule has 124 valence electrons. The van der Waals surface area contributed by atoms with E-state index in [1.54, 1.807) is 15.6 Å². The van der Waals surface area contributed by atoms with Crippen molar-refractivity contribution in [2.24, 2.45) is 5.73 Å². The summed E-state index contributed by atoms with van der Waals surface area (Å²) in [6.45, 7) is 3.44. The van der Waals surface area contributed by atoms with Gasteiger partial charge in [0.05, 0.1) is 6.20 Å². The van der Waals surface area contributed by atoms with Crippen molar-refractivity contribution in [1.29, 1.82) is 0 Å². The second-order valence-electron chi connectivity index (χ2n) is 5.71. The van der Waals surface area contributed by atoms with Crippen molar-refractivity contribution < 1.29 is 4.79 Å². The van der Waals surface area contributed by atoms with E-state index in [0.29, 0.717) is 30.8 Å². The average Bonchev–Trinajstić information content (AvgIpc) is 3.02. The Morgan fingerprint density at radius 1 is 1.21 bits per heavy atom. The molecule has 0 spiro atoms. The Bertz CT molecular complexity index is 828. The normalized spacial score (nSPS) is 10.9. The number of benzene rings is 1. The van der Waals surface area contributed by atoms with Gasteiger partial charge in [-0.1, -0.05) is 30.3 Å². The first-order valence-electron chi connectivity index (χ1n) is 8.03. The molecule has 0 aliphatic rings. The summed E-state index contributed by atoms with van der Waals surface area (Å²) >= 11 is 0. The van der Waals surface area contributed by atoms with Gasteiger partial charge in [-0.3, -0.25) is 4.79 Å². The molecule has 0 saturated carbocycles. The summed E-state index contributed by atoms with van der Waals surface area (Å²) in [4.78, 5) is 19.1. The molecule has 24 heavy (non-hydrogen) atoms. The van der Waals surface area contributed by atoms with Crippen LogP contribution in [0.3, 0.4) is 0 Å². The number of aromatic nitrogens is 3. The molecule has 2 aromatic heterocycles.